The van der Waals surface area contributed by atoms with Crippen LogP contribution in [-0.4, -0.2) is 48.0 Å². The molecule has 0 saturated carbocycles. The van der Waals surface area contributed by atoms with E-state index in [0.717, 1.165) is 37.2 Å². The van der Waals surface area contributed by atoms with E-state index in [4.69, 9.17) is 0 Å². The number of carbonyl (C=O) groups is 1. The van der Waals surface area contributed by atoms with Crippen LogP contribution in [0.2, 0.25) is 0 Å². The first-order valence-corrected chi connectivity index (χ1v) is 6.28. The van der Waals surface area contributed by atoms with Crippen molar-refractivity contribution in [2.45, 2.75) is 25.2 Å². The van der Waals surface area contributed by atoms with Crippen LogP contribution in [0, 0.1) is 6.92 Å². The lowest BCUT2D eigenvalue weighted by Crippen LogP contribution is -2.51. The molecule has 1 aliphatic heterocycles. The number of nitrogens with one attached hydrogen (secondary N) is 1. The molecule has 0 bridgehead atoms. The Labute approximate surface area is 108 Å². The molecule has 1 aliphatic rings. The minimum absolute atomic E-state index is 0.0670. The zero-order valence-corrected chi connectivity index (χ0v) is 11.2. The van der Waals surface area contributed by atoms with E-state index in [-0.39, 0.29) is 5.91 Å². The van der Waals surface area contributed by atoms with Gasteiger partial charge in [0, 0.05) is 13.2 Å². The first-order valence-electron chi connectivity index (χ1n) is 6.28. The van der Waals surface area contributed by atoms with Gasteiger partial charge in [0.15, 0.2) is 0 Å². The number of piperidine rings is 1. The largest absolute Gasteiger partial charge is 0.358 e. The van der Waals surface area contributed by atoms with Gasteiger partial charge in [0.1, 0.15) is 6.33 Å². The smallest absolute Gasteiger partial charge is 0.232 e. The quantitative estimate of drug-likeness (QED) is 0.828. The predicted molar refractivity (Wildman–Crippen MR) is 69.2 cm³/mol. The fourth-order valence-electron chi connectivity index (χ4n) is 2.71. The highest BCUT2D eigenvalue weighted by atomic mass is 16.2. The highest BCUT2D eigenvalue weighted by Gasteiger charge is 2.43. The Morgan fingerprint density at radius 3 is 2.67 bits per heavy atom. The monoisotopic (exact) mass is 248 g/mol. The number of aryl methyl sites for hydroxylation is 1. The first-order chi connectivity index (χ1) is 8.60. The van der Waals surface area contributed by atoms with Crippen molar-refractivity contribution in [1.29, 1.82) is 0 Å². The summed E-state index contributed by atoms with van der Waals surface area (Å²) < 4.78 is 0. The van der Waals surface area contributed by atoms with Crippen molar-refractivity contribution in [2.75, 3.05) is 27.2 Å². The molecule has 0 aliphatic carbocycles. The molecule has 1 amide bonds. The van der Waals surface area contributed by atoms with Crippen molar-refractivity contribution in [3.63, 3.8) is 0 Å². The van der Waals surface area contributed by atoms with Crippen molar-refractivity contribution in [3.05, 3.63) is 23.8 Å². The van der Waals surface area contributed by atoms with Crippen molar-refractivity contribution in [1.82, 2.24) is 20.2 Å². The normalized spacial score (nSPS) is 19.5. The Balaban J connectivity index is 2.43. The van der Waals surface area contributed by atoms with Crippen LogP contribution in [-0.2, 0) is 10.2 Å². The van der Waals surface area contributed by atoms with Gasteiger partial charge in [-0.15, -0.1) is 0 Å². The summed E-state index contributed by atoms with van der Waals surface area (Å²) in [6.45, 7) is 3.80. The average Bonchev–Trinajstić information content (AvgIpc) is 2.40. The Kier molecular flexibility index (Phi) is 3.61. The van der Waals surface area contributed by atoms with Crippen LogP contribution in [0.15, 0.2) is 12.5 Å². The summed E-state index contributed by atoms with van der Waals surface area (Å²) in [5, 5.41) is 2.80. The minimum atomic E-state index is -0.492. The van der Waals surface area contributed by atoms with Crippen LogP contribution >= 0.6 is 0 Å². The summed E-state index contributed by atoms with van der Waals surface area (Å²) in [6.07, 6.45) is 4.93. The predicted octanol–water partition coefficient (Wildman–Crippen LogP) is 0.494. The Bertz CT molecular complexity index is 438. The third kappa shape index (κ3) is 2.10. The molecule has 5 nitrogen and oxygen atoms in total. The topological polar surface area (TPSA) is 58.1 Å². The van der Waals surface area contributed by atoms with Gasteiger partial charge in [-0.3, -0.25) is 4.79 Å². The van der Waals surface area contributed by atoms with Crippen LogP contribution in [0.25, 0.3) is 0 Å². The molecule has 0 unspecified atom stereocenters. The maximum absolute atomic E-state index is 12.4. The van der Waals surface area contributed by atoms with E-state index in [1.54, 1.807) is 13.2 Å². The van der Waals surface area contributed by atoms with Crippen molar-refractivity contribution >= 4 is 5.91 Å². The first kappa shape index (κ1) is 13.0. The molecule has 1 aromatic heterocycles. The number of nitrogens with zero attached hydrogens (tertiary/aromatic N) is 3. The van der Waals surface area contributed by atoms with Gasteiger partial charge in [-0.25, -0.2) is 9.97 Å². The Hall–Kier alpha value is -1.49. The van der Waals surface area contributed by atoms with Crippen LogP contribution in [0.1, 0.15) is 24.1 Å². The summed E-state index contributed by atoms with van der Waals surface area (Å²) >= 11 is 0. The van der Waals surface area contributed by atoms with Gasteiger partial charge < -0.3 is 10.2 Å². The van der Waals surface area contributed by atoms with E-state index in [1.165, 1.54) is 6.33 Å². The Morgan fingerprint density at radius 1 is 1.44 bits per heavy atom. The van der Waals surface area contributed by atoms with Gasteiger partial charge in [-0.05, 0) is 45.5 Å². The third-order valence-electron chi connectivity index (χ3n) is 3.85. The molecule has 0 radical (unpaired) electrons. The van der Waals surface area contributed by atoms with Gasteiger partial charge in [0.05, 0.1) is 11.1 Å². The zero-order chi connectivity index (χ0) is 13.2. The summed E-state index contributed by atoms with van der Waals surface area (Å²) in [5.41, 5.74) is 1.38. The number of amides is 1. The number of likely N-dealkylation sites (N-methyl/N-ethyl adjacent to an activating group) is 1. The van der Waals surface area contributed by atoms with E-state index >= 15 is 0 Å². The van der Waals surface area contributed by atoms with Crippen LogP contribution < -0.4 is 5.32 Å². The molecule has 1 aromatic rings. The van der Waals surface area contributed by atoms with Crippen LogP contribution in [0.4, 0.5) is 0 Å². The molecule has 2 rings (SSSR count). The molecule has 5 heteroatoms. The van der Waals surface area contributed by atoms with E-state index in [1.807, 2.05) is 6.92 Å². The standard InChI is InChI=1S/C13H20N4O/c1-10-8-15-9-16-11(10)13(12(18)14-2)4-6-17(3)7-5-13/h8-9H,4-7H2,1-3H3,(H,14,18). The van der Waals surface area contributed by atoms with E-state index in [0.29, 0.717) is 0 Å². The summed E-state index contributed by atoms with van der Waals surface area (Å²) in [7, 11) is 3.78. The maximum Gasteiger partial charge on any atom is 0.232 e. The van der Waals surface area contributed by atoms with Gasteiger partial charge in [0.2, 0.25) is 5.91 Å². The molecular formula is C13H20N4O. The SMILES string of the molecule is CNC(=O)C1(c2ncncc2C)CCN(C)CC1. The summed E-state index contributed by atoms with van der Waals surface area (Å²) in [6, 6.07) is 0. The van der Waals surface area contributed by atoms with Crippen molar-refractivity contribution in [2.24, 2.45) is 0 Å². The van der Waals surface area contributed by atoms with Gasteiger partial charge in [-0.1, -0.05) is 0 Å². The number of hydrogen-bond donors (Lipinski definition) is 1. The molecule has 1 N–H and O–H groups in total. The molecule has 1 fully saturated rings. The molecule has 18 heavy (non-hydrogen) atoms. The molecule has 98 valence electrons. The van der Waals surface area contributed by atoms with E-state index in [9.17, 15) is 4.79 Å². The van der Waals surface area contributed by atoms with Crippen molar-refractivity contribution in [3.8, 4) is 0 Å². The molecule has 1 saturated heterocycles. The molecule has 0 atom stereocenters. The highest BCUT2D eigenvalue weighted by Crippen LogP contribution is 2.35. The lowest BCUT2D eigenvalue weighted by molar-refractivity contribution is -0.128. The lowest BCUT2D eigenvalue weighted by atomic mass is 9.73. The minimum Gasteiger partial charge on any atom is -0.358 e. The Morgan fingerprint density at radius 2 is 2.11 bits per heavy atom. The maximum atomic E-state index is 12.4. The van der Waals surface area contributed by atoms with Crippen LogP contribution in [0.3, 0.4) is 0 Å². The van der Waals surface area contributed by atoms with Gasteiger partial charge >= 0.3 is 0 Å². The molecule has 0 spiro atoms. The fourth-order valence-corrected chi connectivity index (χ4v) is 2.71. The number of likely N-dealkylation sites (tertiary alicyclic amines) is 1. The second-order valence-corrected chi connectivity index (χ2v) is 5.02. The second-order valence-electron chi connectivity index (χ2n) is 5.02. The molecule has 0 aromatic carbocycles. The van der Waals surface area contributed by atoms with Gasteiger partial charge in [-0.2, -0.15) is 0 Å². The molecular weight excluding hydrogens is 228 g/mol. The number of hydrogen-bond acceptors (Lipinski definition) is 4. The van der Waals surface area contributed by atoms with E-state index in [2.05, 4.69) is 27.2 Å². The van der Waals surface area contributed by atoms with Crippen molar-refractivity contribution < 1.29 is 4.79 Å². The zero-order valence-electron chi connectivity index (χ0n) is 11.2. The van der Waals surface area contributed by atoms with Crippen LogP contribution in [0.5, 0.6) is 0 Å². The number of carbonyl (C=O) groups excluding carboxylic acids is 1. The van der Waals surface area contributed by atoms with Gasteiger partial charge in [0.25, 0.3) is 0 Å². The molecule has 2 heterocycles. The lowest BCUT2D eigenvalue weighted by Gasteiger charge is -2.39. The third-order valence-corrected chi connectivity index (χ3v) is 3.85. The summed E-state index contributed by atoms with van der Waals surface area (Å²) in [5.74, 6) is 0.0670. The summed E-state index contributed by atoms with van der Waals surface area (Å²) in [4.78, 5) is 23.0. The average molecular weight is 248 g/mol. The number of aromatic nitrogens is 2. The fraction of sp³-hybridized carbons (Fsp3) is 0.615. The second kappa shape index (κ2) is 5.02. The highest BCUT2D eigenvalue weighted by molar-refractivity contribution is 5.88. The van der Waals surface area contributed by atoms with E-state index < -0.39 is 5.41 Å². The number of rotatable bonds is 2.